The van der Waals surface area contributed by atoms with Crippen molar-refractivity contribution in [3.05, 3.63) is 58.6 Å². The molecule has 1 heterocycles. The Balaban J connectivity index is 1.62. The molecular weight excluding hydrogens is 388 g/mol. The summed E-state index contributed by atoms with van der Waals surface area (Å²) in [5, 5.41) is 16.8. The van der Waals surface area contributed by atoms with E-state index in [-0.39, 0.29) is 18.1 Å². The van der Waals surface area contributed by atoms with Crippen LogP contribution in [0.3, 0.4) is 0 Å². The molecular formula is C21H22N4O5. The van der Waals surface area contributed by atoms with Crippen molar-refractivity contribution in [2.75, 3.05) is 11.9 Å². The quantitative estimate of drug-likeness (QED) is 0.429. The number of fused-ring (bicyclic) bond motifs is 1. The van der Waals surface area contributed by atoms with Crippen LogP contribution >= 0.6 is 0 Å². The van der Waals surface area contributed by atoms with Crippen LogP contribution in [0.15, 0.2) is 48.5 Å². The first-order valence-electron chi connectivity index (χ1n) is 9.25. The second-order valence-corrected chi connectivity index (χ2v) is 7.69. The largest absolute Gasteiger partial charge is 0.444 e. The number of nitro benzene ring substituents is 1. The third kappa shape index (κ3) is 5.34. The first-order chi connectivity index (χ1) is 14.1. The summed E-state index contributed by atoms with van der Waals surface area (Å²) in [6.45, 7) is 5.01. The molecule has 0 aliphatic carbocycles. The van der Waals surface area contributed by atoms with Crippen molar-refractivity contribution in [2.45, 2.75) is 26.4 Å². The zero-order valence-corrected chi connectivity index (χ0v) is 16.8. The van der Waals surface area contributed by atoms with Crippen LogP contribution in [0.5, 0.6) is 0 Å². The molecule has 9 heteroatoms. The highest BCUT2D eigenvalue weighted by atomic mass is 16.6. The molecule has 156 valence electrons. The van der Waals surface area contributed by atoms with Crippen LogP contribution in [-0.4, -0.2) is 34.1 Å². The lowest BCUT2D eigenvalue weighted by atomic mass is 10.1. The van der Waals surface area contributed by atoms with Crippen LogP contribution in [0.1, 0.15) is 20.8 Å². The Hall–Kier alpha value is -3.88. The van der Waals surface area contributed by atoms with Gasteiger partial charge >= 0.3 is 6.09 Å². The molecule has 0 aliphatic rings. The number of hydrogen-bond donors (Lipinski definition) is 3. The van der Waals surface area contributed by atoms with Crippen molar-refractivity contribution < 1.29 is 19.2 Å². The third-order valence-corrected chi connectivity index (χ3v) is 4.09. The standard InChI is InChI=1S/C21H22N4O5/c1-21(2,3)30-20(27)22-12-19(26)23-15-6-4-13(5-7-15)18-11-14-10-16(25(28)29)8-9-17(14)24-18/h4-11,24H,12H2,1-3H3,(H,22,27)(H,23,26). The molecule has 3 aromatic rings. The molecule has 0 bridgehead atoms. The maximum atomic E-state index is 12.0. The summed E-state index contributed by atoms with van der Waals surface area (Å²) in [7, 11) is 0. The van der Waals surface area contributed by atoms with Crippen molar-refractivity contribution in [3.8, 4) is 11.3 Å². The van der Waals surface area contributed by atoms with Gasteiger partial charge in [-0.15, -0.1) is 0 Å². The number of aromatic amines is 1. The van der Waals surface area contributed by atoms with E-state index in [9.17, 15) is 19.7 Å². The number of nitrogens with one attached hydrogen (secondary N) is 3. The van der Waals surface area contributed by atoms with Gasteiger partial charge in [0.05, 0.1) is 4.92 Å². The minimum Gasteiger partial charge on any atom is -0.444 e. The van der Waals surface area contributed by atoms with Gasteiger partial charge in [0.25, 0.3) is 5.69 Å². The van der Waals surface area contributed by atoms with Gasteiger partial charge in [-0.2, -0.15) is 0 Å². The molecule has 0 spiro atoms. The number of benzene rings is 2. The zero-order valence-electron chi connectivity index (χ0n) is 16.8. The number of anilines is 1. The molecule has 0 fully saturated rings. The lowest BCUT2D eigenvalue weighted by Crippen LogP contribution is -2.37. The number of nitrogens with zero attached hydrogens (tertiary/aromatic N) is 1. The van der Waals surface area contributed by atoms with E-state index in [0.717, 1.165) is 22.2 Å². The number of ether oxygens (including phenoxy) is 1. The molecule has 0 atom stereocenters. The maximum Gasteiger partial charge on any atom is 0.408 e. The molecule has 9 nitrogen and oxygen atoms in total. The maximum absolute atomic E-state index is 12.0. The fourth-order valence-corrected chi connectivity index (χ4v) is 2.79. The molecule has 0 aliphatic heterocycles. The average molecular weight is 410 g/mol. The summed E-state index contributed by atoms with van der Waals surface area (Å²) >= 11 is 0. The molecule has 3 N–H and O–H groups in total. The van der Waals surface area contributed by atoms with Crippen LogP contribution in [0.2, 0.25) is 0 Å². The van der Waals surface area contributed by atoms with Crippen LogP contribution in [0.25, 0.3) is 22.2 Å². The van der Waals surface area contributed by atoms with E-state index in [2.05, 4.69) is 15.6 Å². The van der Waals surface area contributed by atoms with Crippen LogP contribution in [0.4, 0.5) is 16.2 Å². The fourth-order valence-electron chi connectivity index (χ4n) is 2.79. The van der Waals surface area contributed by atoms with Crippen molar-refractivity contribution in [3.63, 3.8) is 0 Å². The SMILES string of the molecule is CC(C)(C)OC(=O)NCC(=O)Nc1ccc(-c2cc3cc([N+](=O)[O-])ccc3[nH]2)cc1. The van der Waals surface area contributed by atoms with E-state index < -0.39 is 16.6 Å². The topological polar surface area (TPSA) is 126 Å². The minimum atomic E-state index is -0.660. The Labute approximate surface area is 172 Å². The molecule has 30 heavy (non-hydrogen) atoms. The Morgan fingerprint density at radius 3 is 2.43 bits per heavy atom. The predicted octanol–water partition coefficient (Wildman–Crippen LogP) is 4.21. The van der Waals surface area contributed by atoms with E-state index in [1.165, 1.54) is 12.1 Å². The number of non-ortho nitro benzene ring substituents is 1. The predicted molar refractivity (Wildman–Crippen MR) is 113 cm³/mol. The number of alkyl carbamates (subject to hydrolysis) is 1. The summed E-state index contributed by atoms with van der Waals surface area (Å²) in [6.07, 6.45) is -0.660. The van der Waals surface area contributed by atoms with Gasteiger partial charge < -0.3 is 20.4 Å². The molecule has 2 aromatic carbocycles. The molecule has 0 unspecified atom stereocenters. The van der Waals surface area contributed by atoms with E-state index in [4.69, 9.17) is 4.74 Å². The summed E-state index contributed by atoms with van der Waals surface area (Å²) in [5.74, 6) is -0.383. The molecule has 0 saturated carbocycles. The summed E-state index contributed by atoms with van der Waals surface area (Å²) in [4.78, 5) is 37.3. The van der Waals surface area contributed by atoms with Gasteiger partial charge in [-0.3, -0.25) is 14.9 Å². The number of carbonyl (C=O) groups excluding carboxylic acids is 2. The second kappa shape index (κ2) is 8.24. The Morgan fingerprint density at radius 2 is 1.80 bits per heavy atom. The molecule has 2 amide bonds. The number of aromatic nitrogens is 1. The van der Waals surface area contributed by atoms with Gasteiger partial charge in [0.15, 0.2) is 0 Å². The zero-order chi connectivity index (χ0) is 21.9. The molecule has 0 radical (unpaired) electrons. The third-order valence-electron chi connectivity index (χ3n) is 4.09. The van der Waals surface area contributed by atoms with Crippen molar-refractivity contribution >= 4 is 34.3 Å². The van der Waals surface area contributed by atoms with Gasteiger partial charge in [-0.1, -0.05) is 12.1 Å². The highest BCUT2D eigenvalue weighted by molar-refractivity contribution is 5.94. The van der Waals surface area contributed by atoms with E-state index in [1.54, 1.807) is 39.0 Å². The van der Waals surface area contributed by atoms with Gasteiger partial charge in [-0.25, -0.2) is 4.79 Å². The number of nitro groups is 1. The molecule has 0 saturated heterocycles. The number of hydrogen-bond acceptors (Lipinski definition) is 5. The van der Waals surface area contributed by atoms with E-state index in [0.29, 0.717) is 5.69 Å². The summed E-state index contributed by atoms with van der Waals surface area (Å²) in [5.41, 5.74) is 2.42. The Bertz CT molecular complexity index is 1100. The van der Waals surface area contributed by atoms with Crippen LogP contribution < -0.4 is 10.6 Å². The van der Waals surface area contributed by atoms with Gasteiger partial charge in [0.1, 0.15) is 12.1 Å². The van der Waals surface area contributed by atoms with Gasteiger partial charge in [-0.05, 0) is 50.6 Å². The summed E-state index contributed by atoms with van der Waals surface area (Å²) in [6, 6.07) is 13.6. The Morgan fingerprint density at radius 1 is 1.10 bits per heavy atom. The highest BCUT2D eigenvalue weighted by Crippen LogP contribution is 2.27. The number of H-pyrrole nitrogens is 1. The average Bonchev–Trinajstić information content (AvgIpc) is 3.09. The number of carbonyl (C=O) groups is 2. The lowest BCUT2D eigenvalue weighted by Gasteiger charge is -2.19. The van der Waals surface area contributed by atoms with Crippen molar-refractivity contribution in [1.29, 1.82) is 0 Å². The lowest BCUT2D eigenvalue weighted by molar-refractivity contribution is -0.384. The normalized spacial score (nSPS) is 11.2. The van der Waals surface area contributed by atoms with E-state index >= 15 is 0 Å². The minimum absolute atomic E-state index is 0.0334. The summed E-state index contributed by atoms with van der Waals surface area (Å²) < 4.78 is 5.08. The smallest absolute Gasteiger partial charge is 0.408 e. The van der Waals surface area contributed by atoms with Gasteiger partial charge in [0.2, 0.25) is 5.91 Å². The molecule has 3 rings (SSSR count). The van der Waals surface area contributed by atoms with Crippen LogP contribution in [-0.2, 0) is 9.53 Å². The first kappa shape index (κ1) is 20.8. The van der Waals surface area contributed by atoms with Crippen molar-refractivity contribution in [2.24, 2.45) is 0 Å². The number of rotatable bonds is 5. The Kier molecular flexibility index (Phi) is 5.72. The van der Waals surface area contributed by atoms with Crippen molar-refractivity contribution in [1.82, 2.24) is 10.3 Å². The molecule has 1 aromatic heterocycles. The van der Waals surface area contributed by atoms with Crippen LogP contribution in [0, 0.1) is 10.1 Å². The van der Waals surface area contributed by atoms with Gasteiger partial charge in [0, 0.05) is 34.4 Å². The fraction of sp³-hybridized carbons (Fsp3) is 0.238. The van der Waals surface area contributed by atoms with E-state index in [1.807, 2.05) is 18.2 Å². The second-order valence-electron chi connectivity index (χ2n) is 7.69. The first-order valence-corrected chi connectivity index (χ1v) is 9.25. The monoisotopic (exact) mass is 410 g/mol. The highest BCUT2D eigenvalue weighted by Gasteiger charge is 2.16. The number of amides is 2.